The number of aromatic nitrogens is 1. The first-order chi connectivity index (χ1) is 11.7. The van der Waals surface area contributed by atoms with Gasteiger partial charge >= 0.3 is 0 Å². The number of pyridine rings is 1. The molecule has 0 atom stereocenters. The van der Waals surface area contributed by atoms with Gasteiger partial charge in [-0.2, -0.15) is 0 Å². The van der Waals surface area contributed by atoms with Gasteiger partial charge in [0.1, 0.15) is 0 Å². The van der Waals surface area contributed by atoms with Crippen LogP contribution < -0.4 is 0 Å². The molecule has 2 heteroatoms. The number of hydrogen-bond acceptors (Lipinski definition) is 2. The molecule has 1 rings (SSSR count). The van der Waals surface area contributed by atoms with Crippen molar-refractivity contribution in [3.8, 4) is 0 Å². The molecular weight excluding hydrogens is 304 g/mol. The topological polar surface area (TPSA) is 25.2 Å². The molecule has 0 aliphatic carbocycles. The maximum absolute atomic E-state index is 4.49. The summed E-state index contributed by atoms with van der Waals surface area (Å²) < 4.78 is 0. The van der Waals surface area contributed by atoms with Crippen molar-refractivity contribution in [3.63, 3.8) is 0 Å². The molecule has 0 fully saturated rings. The lowest BCUT2D eigenvalue weighted by atomic mass is 9.87. The predicted molar refractivity (Wildman–Crippen MR) is 112 cm³/mol. The fraction of sp³-hybridized carbons (Fsp3) is 0.478. The van der Waals surface area contributed by atoms with E-state index in [1.54, 1.807) is 0 Å². The van der Waals surface area contributed by atoms with Gasteiger partial charge in [0.25, 0.3) is 0 Å². The summed E-state index contributed by atoms with van der Waals surface area (Å²) in [6.45, 7) is 15.3. The number of rotatable bonds is 6. The Morgan fingerprint density at radius 1 is 1.20 bits per heavy atom. The molecule has 0 aliphatic heterocycles. The van der Waals surface area contributed by atoms with Crippen molar-refractivity contribution in [1.82, 2.24) is 4.98 Å². The third kappa shape index (κ3) is 7.21. The lowest BCUT2D eigenvalue weighted by Crippen LogP contribution is -2.04. The van der Waals surface area contributed by atoms with E-state index in [0.717, 1.165) is 17.7 Å². The van der Waals surface area contributed by atoms with Crippen LogP contribution in [0.5, 0.6) is 0 Å². The molecule has 1 heterocycles. The molecule has 1 aromatic heterocycles. The number of aliphatic imine (C=N–C) groups is 1. The van der Waals surface area contributed by atoms with E-state index < -0.39 is 0 Å². The van der Waals surface area contributed by atoms with E-state index in [1.165, 1.54) is 28.7 Å². The van der Waals surface area contributed by atoms with Gasteiger partial charge in [-0.25, -0.2) is 0 Å². The Morgan fingerprint density at radius 3 is 2.36 bits per heavy atom. The van der Waals surface area contributed by atoms with Crippen molar-refractivity contribution in [2.75, 3.05) is 7.05 Å². The van der Waals surface area contributed by atoms with Crippen LogP contribution in [0.25, 0.3) is 5.57 Å². The molecule has 0 radical (unpaired) electrons. The Hall–Kier alpha value is -1.96. The van der Waals surface area contributed by atoms with Crippen LogP contribution in [0.4, 0.5) is 0 Å². The zero-order valence-electron chi connectivity index (χ0n) is 17.3. The van der Waals surface area contributed by atoms with Crippen molar-refractivity contribution in [3.05, 3.63) is 58.5 Å². The largest absolute Gasteiger partial charge is 0.296 e. The normalized spacial score (nSPS) is 14.9. The summed E-state index contributed by atoms with van der Waals surface area (Å²) in [7, 11) is 1.81. The molecule has 0 saturated carbocycles. The molecule has 0 spiro atoms. The molecular formula is C23H34N2. The highest BCUT2D eigenvalue weighted by atomic mass is 14.7. The highest BCUT2D eigenvalue weighted by Crippen LogP contribution is 2.29. The van der Waals surface area contributed by atoms with Gasteiger partial charge in [-0.15, -0.1) is 0 Å². The molecule has 136 valence electrons. The van der Waals surface area contributed by atoms with Gasteiger partial charge in [0.2, 0.25) is 0 Å². The second-order valence-electron chi connectivity index (χ2n) is 7.87. The van der Waals surface area contributed by atoms with Crippen LogP contribution in [0.3, 0.4) is 0 Å². The van der Waals surface area contributed by atoms with Crippen molar-refractivity contribution < 1.29 is 0 Å². The van der Waals surface area contributed by atoms with Crippen LogP contribution >= 0.6 is 0 Å². The fourth-order valence-electron chi connectivity index (χ4n) is 2.54. The number of aryl methyl sites for hydroxylation is 1. The van der Waals surface area contributed by atoms with E-state index in [4.69, 9.17) is 0 Å². The van der Waals surface area contributed by atoms with Crippen LogP contribution in [0.2, 0.25) is 0 Å². The highest BCUT2D eigenvalue weighted by molar-refractivity contribution is 5.89. The molecule has 1 aromatic rings. The molecule has 25 heavy (non-hydrogen) atoms. The lowest BCUT2D eigenvalue weighted by Gasteiger charge is -2.19. The summed E-state index contributed by atoms with van der Waals surface area (Å²) >= 11 is 0. The predicted octanol–water partition coefficient (Wildman–Crippen LogP) is 6.58. The maximum Gasteiger partial charge on any atom is 0.0373 e. The van der Waals surface area contributed by atoms with Gasteiger partial charge in [-0.05, 0) is 68.7 Å². The second-order valence-corrected chi connectivity index (χ2v) is 7.87. The van der Waals surface area contributed by atoms with Gasteiger partial charge in [-0.1, -0.05) is 44.6 Å². The molecule has 0 saturated heterocycles. The zero-order chi connectivity index (χ0) is 19.0. The van der Waals surface area contributed by atoms with E-state index in [-0.39, 0.29) is 0 Å². The minimum absolute atomic E-state index is 0.337. The van der Waals surface area contributed by atoms with Crippen molar-refractivity contribution in [2.45, 2.75) is 61.3 Å². The van der Waals surface area contributed by atoms with E-state index >= 15 is 0 Å². The minimum Gasteiger partial charge on any atom is -0.296 e. The third-order valence-electron chi connectivity index (χ3n) is 4.40. The average Bonchev–Trinajstić information content (AvgIpc) is 2.55. The van der Waals surface area contributed by atoms with Crippen LogP contribution in [0, 0.1) is 12.3 Å². The highest BCUT2D eigenvalue weighted by Gasteiger charge is 2.12. The van der Waals surface area contributed by atoms with E-state index in [0.29, 0.717) is 5.41 Å². The van der Waals surface area contributed by atoms with E-state index in [9.17, 15) is 0 Å². The Balaban J connectivity index is 3.34. The number of allylic oxidation sites excluding steroid dienone is 6. The summed E-state index contributed by atoms with van der Waals surface area (Å²) in [6, 6.07) is 4.23. The van der Waals surface area contributed by atoms with Crippen LogP contribution in [-0.2, 0) is 0 Å². The van der Waals surface area contributed by atoms with Crippen LogP contribution in [-0.4, -0.2) is 18.2 Å². The second kappa shape index (κ2) is 9.50. The van der Waals surface area contributed by atoms with Crippen LogP contribution in [0.15, 0.2) is 52.2 Å². The standard InChI is InChI=1S/C23H34N2/c1-9-20(12-13-23(5,6)7)14-22(19(4)17(2)15-24-8)21-11-10-18(3)25-16-21/h9-11,14-16H,12-13H2,1-8H3/b19-17+,20-9-,22-14+,24-15-. The summed E-state index contributed by atoms with van der Waals surface area (Å²) in [5.41, 5.74) is 7.55. The van der Waals surface area contributed by atoms with Gasteiger partial charge in [0.05, 0.1) is 0 Å². The summed E-state index contributed by atoms with van der Waals surface area (Å²) in [6.07, 6.45) is 10.7. The molecule has 0 N–H and O–H groups in total. The summed E-state index contributed by atoms with van der Waals surface area (Å²) in [5, 5.41) is 0. The molecule has 0 unspecified atom stereocenters. The molecule has 0 aromatic carbocycles. The first kappa shape index (κ1) is 21.1. The summed E-state index contributed by atoms with van der Waals surface area (Å²) in [4.78, 5) is 8.66. The Morgan fingerprint density at radius 2 is 1.88 bits per heavy atom. The molecule has 0 bridgehead atoms. The zero-order valence-corrected chi connectivity index (χ0v) is 17.3. The first-order valence-corrected chi connectivity index (χ1v) is 9.08. The number of nitrogens with zero attached hydrogens (tertiary/aromatic N) is 2. The van der Waals surface area contributed by atoms with Crippen molar-refractivity contribution in [2.24, 2.45) is 10.4 Å². The van der Waals surface area contributed by atoms with Crippen molar-refractivity contribution in [1.29, 1.82) is 0 Å². The first-order valence-electron chi connectivity index (χ1n) is 9.08. The average molecular weight is 339 g/mol. The quantitative estimate of drug-likeness (QED) is 0.424. The number of hydrogen-bond donors (Lipinski definition) is 0. The van der Waals surface area contributed by atoms with E-state index in [2.05, 4.69) is 75.8 Å². The monoisotopic (exact) mass is 338 g/mol. The van der Waals surface area contributed by atoms with Gasteiger partial charge in [0, 0.05) is 30.7 Å². The van der Waals surface area contributed by atoms with E-state index in [1.807, 2.05) is 26.4 Å². The van der Waals surface area contributed by atoms with Gasteiger partial charge < -0.3 is 0 Å². The van der Waals surface area contributed by atoms with Gasteiger partial charge in [-0.3, -0.25) is 9.98 Å². The van der Waals surface area contributed by atoms with Gasteiger partial charge in [0.15, 0.2) is 0 Å². The summed E-state index contributed by atoms with van der Waals surface area (Å²) in [5.74, 6) is 0. The third-order valence-corrected chi connectivity index (χ3v) is 4.40. The Labute approximate surface area is 154 Å². The maximum atomic E-state index is 4.49. The molecule has 0 aliphatic rings. The smallest absolute Gasteiger partial charge is 0.0373 e. The Kier molecular flexibility index (Phi) is 8.02. The minimum atomic E-state index is 0.337. The molecule has 0 amide bonds. The van der Waals surface area contributed by atoms with Crippen molar-refractivity contribution >= 4 is 11.8 Å². The Bertz CT molecular complexity index is 678. The SMILES string of the molecule is C\C=C(/C=C(\C(C)=C(C)\C=N/C)c1ccc(C)nc1)CCC(C)(C)C. The fourth-order valence-corrected chi connectivity index (χ4v) is 2.54. The molecule has 2 nitrogen and oxygen atoms in total. The van der Waals surface area contributed by atoms with Crippen LogP contribution in [0.1, 0.15) is 65.6 Å². The lowest BCUT2D eigenvalue weighted by molar-refractivity contribution is 0.379.